The molecule has 4 N–H and O–H groups in total. The van der Waals surface area contributed by atoms with Gasteiger partial charge in [-0.05, 0) is 24.4 Å². The van der Waals surface area contributed by atoms with E-state index in [-0.39, 0.29) is 5.69 Å². The van der Waals surface area contributed by atoms with E-state index in [2.05, 4.69) is 30.8 Å². The predicted octanol–water partition coefficient (Wildman–Crippen LogP) is 1.09. The topological polar surface area (TPSA) is 98.5 Å². The Morgan fingerprint density at radius 3 is 2.95 bits per heavy atom. The zero-order valence-corrected chi connectivity index (χ0v) is 11.9. The Kier molecular flexibility index (Phi) is 3.12. The number of aromatic amines is 2. The van der Waals surface area contributed by atoms with E-state index in [1.165, 1.54) is 0 Å². The van der Waals surface area contributed by atoms with Crippen molar-refractivity contribution in [2.24, 2.45) is 0 Å². The van der Waals surface area contributed by atoms with Gasteiger partial charge in [-0.3, -0.25) is 4.98 Å². The third-order valence-corrected chi connectivity index (χ3v) is 3.89. The lowest BCUT2D eigenvalue weighted by molar-refractivity contribution is 0.789. The molecule has 7 heteroatoms. The maximum atomic E-state index is 11.3. The molecule has 0 spiro atoms. The van der Waals surface area contributed by atoms with Gasteiger partial charge in [-0.2, -0.15) is 5.10 Å². The van der Waals surface area contributed by atoms with E-state index >= 15 is 0 Å². The van der Waals surface area contributed by atoms with Gasteiger partial charge in [0.25, 0.3) is 0 Å². The van der Waals surface area contributed by atoms with Crippen LogP contribution in [0.5, 0.6) is 0 Å². The predicted molar refractivity (Wildman–Crippen MR) is 84.8 cm³/mol. The number of rotatable bonds is 3. The molecule has 3 aromatic rings. The average molecular weight is 296 g/mol. The van der Waals surface area contributed by atoms with Crippen molar-refractivity contribution in [3.63, 3.8) is 0 Å². The van der Waals surface area contributed by atoms with Gasteiger partial charge in [0.15, 0.2) is 5.82 Å². The molecular formula is C15H16N6O. The van der Waals surface area contributed by atoms with Crippen molar-refractivity contribution < 1.29 is 0 Å². The third-order valence-electron chi connectivity index (χ3n) is 3.89. The van der Waals surface area contributed by atoms with Crippen LogP contribution in [0.4, 0.5) is 5.82 Å². The Morgan fingerprint density at radius 1 is 1.27 bits per heavy atom. The molecule has 112 valence electrons. The number of nitrogens with zero attached hydrogens (tertiary/aromatic N) is 2. The van der Waals surface area contributed by atoms with Gasteiger partial charge in [-0.25, -0.2) is 14.9 Å². The van der Waals surface area contributed by atoms with Crippen molar-refractivity contribution in [3.05, 3.63) is 40.8 Å². The fraction of sp³-hybridized carbons (Fsp3) is 0.267. The van der Waals surface area contributed by atoms with E-state index in [0.717, 1.165) is 36.1 Å². The fourth-order valence-corrected chi connectivity index (χ4v) is 2.79. The summed E-state index contributed by atoms with van der Waals surface area (Å²) in [7, 11) is 0. The first kappa shape index (κ1) is 13.0. The van der Waals surface area contributed by atoms with Crippen molar-refractivity contribution in [3.8, 4) is 11.5 Å². The molecular weight excluding hydrogens is 280 g/mol. The summed E-state index contributed by atoms with van der Waals surface area (Å²) in [5, 5.41) is 15.3. The lowest BCUT2D eigenvalue weighted by Gasteiger charge is -2.15. The van der Waals surface area contributed by atoms with E-state index in [9.17, 15) is 4.79 Å². The molecule has 1 aliphatic rings. The molecule has 0 saturated carbocycles. The van der Waals surface area contributed by atoms with Crippen molar-refractivity contribution in [2.45, 2.75) is 12.5 Å². The zero-order valence-electron chi connectivity index (χ0n) is 11.9. The molecule has 1 unspecified atom stereocenters. The molecule has 1 saturated heterocycles. The van der Waals surface area contributed by atoms with Crippen LogP contribution in [0.15, 0.2) is 35.1 Å². The number of anilines is 1. The van der Waals surface area contributed by atoms with Crippen LogP contribution in [0.25, 0.3) is 22.3 Å². The highest BCUT2D eigenvalue weighted by Gasteiger charge is 2.17. The highest BCUT2D eigenvalue weighted by molar-refractivity contribution is 5.94. The highest BCUT2D eigenvalue weighted by atomic mass is 16.1. The number of aromatic nitrogens is 4. The molecule has 0 bridgehead atoms. The van der Waals surface area contributed by atoms with Crippen LogP contribution in [0.3, 0.4) is 0 Å². The van der Waals surface area contributed by atoms with Crippen LogP contribution in [-0.2, 0) is 0 Å². The van der Waals surface area contributed by atoms with E-state index < -0.39 is 0 Å². The molecule has 3 heterocycles. The Morgan fingerprint density at radius 2 is 2.18 bits per heavy atom. The fourth-order valence-electron chi connectivity index (χ4n) is 2.79. The first-order chi connectivity index (χ1) is 10.8. The van der Waals surface area contributed by atoms with Crippen LogP contribution >= 0.6 is 0 Å². The minimum absolute atomic E-state index is 0.334. The molecule has 1 fully saturated rings. The summed E-state index contributed by atoms with van der Waals surface area (Å²) in [5.41, 5.74) is 0.310. The number of hydrogen-bond donors (Lipinski definition) is 4. The normalized spacial score (nSPS) is 17.9. The number of H-pyrrole nitrogens is 2. The molecule has 7 nitrogen and oxygen atoms in total. The summed E-state index contributed by atoms with van der Waals surface area (Å²) < 4.78 is 0. The molecule has 22 heavy (non-hydrogen) atoms. The molecule has 1 atom stereocenters. The van der Waals surface area contributed by atoms with Crippen LogP contribution < -0.4 is 16.3 Å². The summed E-state index contributed by atoms with van der Waals surface area (Å²) in [4.78, 5) is 18.6. The quantitative estimate of drug-likeness (QED) is 0.580. The summed E-state index contributed by atoms with van der Waals surface area (Å²) in [6.45, 7) is 1.95. The van der Waals surface area contributed by atoms with Crippen molar-refractivity contribution in [2.75, 3.05) is 18.4 Å². The second-order valence-electron chi connectivity index (χ2n) is 5.44. The molecule has 0 amide bonds. The van der Waals surface area contributed by atoms with Crippen molar-refractivity contribution in [1.82, 2.24) is 25.5 Å². The van der Waals surface area contributed by atoms with E-state index in [4.69, 9.17) is 0 Å². The minimum Gasteiger partial charge on any atom is -0.365 e. The SMILES string of the molecule is O=c1[nH]nc(-c2cc3ccccc3c(NC3CCNC3)n2)[nH]1. The Balaban J connectivity index is 1.83. The molecule has 4 rings (SSSR count). The molecule has 1 aliphatic heterocycles. The van der Waals surface area contributed by atoms with Crippen LogP contribution in [-0.4, -0.2) is 39.3 Å². The molecule has 2 aromatic heterocycles. The Hall–Kier alpha value is -2.67. The smallest absolute Gasteiger partial charge is 0.340 e. The lowest BCUT2D eigenvalue weighted by Crippen LogP contribution is -2.23. The Labute approximate surface area is 126 Å². The minimum atomic E-state index is -0.334. The third kappa shape index (κ3) is 2.35. The summed E-state index contributed by atoms with van der Waals surface area (Å²) in [6, 6.07) is 10.4. The number of hydrogen-bond acceptors (Lipinski definition) is 5. The zero-order chi connectivity index (χ0) is 14.9. The highest BCUT2D eigenvalue weighted by Crippen LogP contribution is 2.26. The molecule has 0 aliphatic carbocycles. The lowest BCUT2D eigenvalue weighted by atomic mass is 10.1. The van der Waals surface area contributed by atoms with Crippen LogP contribution in [0, 0.1) is 0 Å². The van der Waals surface area contributed by atoms with Gasteiger partial charge in [-0.15, -0.1) is 0 Å². The van der Waals surface area contributed by atoms with Crippen molar-refractivity contribution >= 4 is 16.6 Å². The maximum Gasteiger partial charge on any atom is 0.340 e. The second-order valence-corrected chi connectivity index (χ2v) is 5.44. The van der Waals surface area contributed by atoms with Gasteiger partial charge in [0.05, 0.1) is 0 Å². The average Bonchev–Trinajstić information content (AvgIpc) is 3.19. The van der Waals surface area contributed by atoms with E-state index in [0.29, 0.717) is 17.6 Å². The standard InChI is InChI=1S/C15H16N6O/c22-15-19-14(20-21-15)12-7-9-3-1-2-4-11(9)13(18-12)17-10-5-6-16-8-10/h1-4,7,10,16H,5-6,8H2,(H,17,18)(H2,19,20,21,22). The largest absolute Gasteiger partial charge is 0.365 e. The van der Waals surface area contributed by atoms with Gasteiger partial charge in [0, 0.05) is 18.0 Å². The van der Waals surface area contributed by atoms with E-state index in [1.807, 2.05) is 30.3 Å². The van der Waals surface area contributed by atoms with Crippen LogP contribution in [0.2, 0.25) is 0 Å². The summed E-state index contributed by atoms with van der Waals surface area (Å²) in [6.07, 6.45) is 1.07. The van der Waals surface area contributed by atoms with Gasteiger partial charge in [0.2, 0.25) is 0 Å². The van der Waals surface area contributed by atoms with Gasteiger partial charge in [-0.1, -0.05) is 24.3 Å². The number of fused-ring (bicyclic) bond motifs is 1. The molecule has 1 aromatic carbocycles. The van der Waals surface area contributed by atoms with E-state index in [1.54, 1.807) is 0 Å². The van der Waals surface area contributed by atoms with Gasteiger partial charge < -0.3 is 10.6 Å². The monoisotopic (exact) mass is 296 g/mol. The Bertz CT molecular complexity index is 862. The first-order valence-electron chi connectivity index (χ1n) is 7.32. The molecule has 0 radical (unpaired) electrons. The number of pyridine rings is 1. The second kappa shape index (κ2) is 5.27. The first-order valence-corrected chi connectivity index (χ1v) is 7.32. The summed E-state index contributed by atoms with van der Waals surface area (Å²) in [5.74, 6) is 1.27. The van der Waals surface area contributed by atoms with Crippen molar-refractivity contribution in [1.29, 1.82) is 0 Å². The number of benzene rings is 1. The maximum absolute atomic E-state index is 11.3. The summed E-state index contributed by atoms with van der Waals surface area (Å²) >= 11 is 0. The van der Waals surface area contributed by atoms with Gasteiger partial charge in [0.1, 0.15) is 11.5 Å². The number of nitrogens with one attached hydrogen (secondary N) is 4. The van der Waals surface area contributed by atoms with Gasteiger partial charge >= 0.3 is 5.69 Å². The van der Waals surface area contributed by atoms with Crippen LogP contribution in [0.1, 0.15) is 6.42 Å².